The second kappa shape index (κ2) is 8.27. The molecule has 0 heterocycles. The quantitative estimate of drug-likeness (QED) is 0.534. The molecule has 0 amide bonds. The van der Waals surface area contributed by atoms with Crippen LogP contribution in [0, 0.1) is 5.82 Å². The van der Waals surface area contributed by atoms with Gasteiger partial charge in [-0.3, -0.25) is 4.79 Å². The zero-order valence-corrected chi connectivity index (χ0v) is 11.8. The molecule has 1 aromatic carbocycles. The number of carbonyl (C=O) groups excluding carboxylic acids is 1. The Kier molecular flexibility index (Phi) is 6.98. The van der Waals surface area contributed by atoms with Crippen molar-refractivity contribution in [1.29, 1.82) is 0 Å². The minimum Gasteiger partial charge on any atom is -0.303 e. The molecule has 0 fully saturated rings. The Morgan fingerprint density at radius 2 is 1.94 bits per heavy atom. The predicted octanol–water partition coefficient (Wildman–Crippen LogP) is 3.08. The molecule has 0 N–H and O–H groups in total. The summed E-state index contributed by atoms with van der Waals surface area (Å²) in [6, 6.07) is 6.16. The standard InChI is InChI=1S/C14H20FNOS/c1-3-16(4-2)9-10-18-11-14(17)12-7-5-6-8-13(12)15/h5-8H,3-4,9-11H2,1-2H3. The lowest BCUT2D eigenvalue weighted by molar-refractivity contribution is 0.101. The third-order valence-electron chi connectivity index (χ3n) is 2.85. The van der Waals surface area contributed by atoms with Crippen LogP contribution in [0.5, 0.6) is 0 Å². The van der Waals surface area contributed by atoms with E-state index in [-0.39, 0.29) is 11.3 Å². The second-order valence-corrected chi connectivity index (χ2v) is 5.09. The molecule has 0 aliphatic heterocycles. The highest BCUT2D eigenvalue weighted by Crippen LogP contribution is 2.11. The molecule has 4 heteroatoms. The number of hydrogen-bond acceptors (Lipinski definition) is 3. The number of benzene rings is 1. The number of rotatable bonds is 8. The molecule has 0 saturated carbocycles. The highest BCUT2D eigenvalue weighted by atomic mass is 32.2. The van der Waals surface area contributed by atoms with Crippen LogP contribution in [0.4, 0.5) is 4.39 Å². The maximum Gasteiger partial charge on any atom is 0.175 e. The Hall–Kier alpha value is -0.870. The van der Waals surface area contributed by atoms with Gasteiger partial charge >= 0.3 is 0 Å². The molecule has 0 aliphatic rings. The van der Waals surface area contributed by atoms with E-state index in [4.69, 9.17) is 0 Å². The third-order valence-corrected chi connectivity index (χ3v) is 3.79. The number of Topliss-reactive ketones (excluding diaryl/α,β-unsaturated/α-hetero) is 1. The Labute approximate surface area is 113 Å². The fourth-order valence-corrected chi connectivity index (χ4v) is 2.54. The van der Waals surface area contributed by atoms with Crippen molar-refractivity contribution in [3.8, 4) is 0 Å². The Balaban J connectivity index is 2.32. The maximum atomic E-state index is 13.3. The molecule has 0 unspecified atom stereocenters. The van der Waals surface area contributed by atoms with Gasteiger partial charge in [0.2, 0.25) is 0 Å². The molecule has 100 valence electrons. The Morgan fingerprint density at radius 1 is 1.28 bits per heavy atom. The molecule has 0 bridgehead atoms. The summed E-state index contributed by atoms with van der Waals surface area (Å²) in [5, 5.41) is 0. The van der Waals surface area contributed by atoms with Crippen molar-refractivity contribution in [3.63, 3.8) is 0 Å². The van der Waals surface area contributed by atoms with E-state index in [1.54, 1.807) is 30.0 Å². The van der Waals surface area contributed by atoms with Crippen LogP contribution in [0.2, 0.25) is 0 Å². The predicted molar refractivity (Wildman–Crippen MR) is 75.8 cm³/mol. The highest BCUT2D eigenvalue weighted by molar-refractivity contribution is 8.00. The first-order valence-electron chi connectivity index (χ1n) is 6.26. The molecule has 1 aromatic rings. The van der Waals surface area contributed by atoms with Crippen LogP contribution in [0.25, 0.3) is 0 Å². The third kappa shape index (κ3) is 4.78. The van der Waals surface area contributed by atoms with Crippen LogP contribution in [-0.2, 0) is 0 Å². The van der Waals surface area contributed by atoms with Gasteiger partial charge in [0.25, 0.3) is 0 Å². The first kappa shape index (κ1) is 15.2. The maximum absolute atomic E-state index is 13.3. The van der Waals surface area contributed by atoms with Gasteiger partial charge in [-0.2, -0.15) is 11.8 Å². The summed E-state index contributed by atoms with van der Waals surface area (Å²) in [5.41, 5.74) is 0.202. The van der Waals surface area contributed by atoms with Gasteiger partial charge in [-0.25, -0.2) is 4.39 Å². The molecule has 0 atom stereocenters. The SMILES string of the molecule is CCN(CC)CCSCC(=O)c1ccccc1F. The molecular weight excluding hydrogens is 249 g/mol. The highest BCUT2D eigenvalue weighted by Gasteiger charge is 2.10. The van der Waals surface area contributed by atoms with Crippen molar-refractivity contribution in [2.75, 3.05) is 31.1 Å². The smallest absolute Gasteiger partial charge is 0.175 e. The Bertz CT molecular complexity index is 380. The number of nitrogens with zero attached hydrogens (tertiary/aromatic N) is 1. The van der Waals surface area contributed by atoms with E-state index in [9.17, 15) is 9.18 Å². The lowest BCUT2D eigenvalue weighted by Crippen LogP contribution is -2.25. The van der Waals surface area contributed by atoms with Crippen molar-refractivity contribution in [3.05, 3.63) is 35.6 Å². The van der Waals surface area contributed by atoms with Gasteiger partial charge in [0, 0.05) is 12.3 Å². The topological polar surface area (TPSA) is 20.3 Å². The van der Waals surface area contributed by atoms with Crippen LogP contribution in [-0.4, -0.2) is 41.8 Å². The monoisotopic (exact) mass is 269 g/mol. The van der Waals surface area contributed by atoms with Crippen LogP contribution < -0.4 is 0 Å². The van der Waals surface area contributed by atoms with E-state index in [0.29, 0.717) is 5.75 Å². The van der Waals surface area contributed by atoms with Gasteiger partial charge in [-0.05, 0) is 25.2 Å². The van der Waals surface area contributed by atoms with E-state index in [0.717, 1.165) is 25.4 Å². The van der Waals surface area contributed by atoms with Crippen LogP contribution >= 0.6 is 11.8 Å². The van der Waals surface area contributed by atoms with Gasteiger partial charge < -0.3 is 4.90 Å². The van der Waals surface area contributed by atoms with Gasteiger partial charge in [-0.1, -0.05) is 26.0 Å². The molecular formula is C14H20FNOS. The number of thioether (sulfide) groups is 1. The molecule has 0 radical (unpaired) electrons. The van der Waals surface area contributed by atoms with Gasteiger partial charge in [0.1, 0.15) is 5.82 Å². The van der Waals surface area contributed by atoms with Crippen molar-refractivity contribution in [2.45, 2.75) is 13.8 Å². The molecule has 0 saturated heterocycles. The lowest BCUT2D eigenvalue weighted by Gasteiger charge is -2.17. The zero-order chi connectivity index (χ0) is 13.4. The van der Waals surface area contributed by atoms with E-state index < -0.39 is 5.82 Å². The van der Waals surface area contributed by atoms with Gasteiger partial charge in [-0.15, -0.1) is 0 Å². The second-order valence-electron chi connectivity index (χ2n) is 3.98. The fraction of sp³-hybridized carbons (Fsp3) is 0.500. The lowest BCUT2D eigenvalue weighted by atomic mass is 10.1. The molecule has 0 aliphatic carbocycles. The number of ketones is 1. The molecule has 0 aromatic heterocycles. The van der Waals surface area contributed by atoms with Gasteiger partial charge in [0.15, 0.2) is 5.78 Å². The summed E-state index contributed by atoms with van der Waals surface area (Å²) < 4.78 is 13.3. The van der Waals surface area contributed by atoms with Crippen molar-refractivity contribution in [2.24, 2.45) is 0 Å². The summed E-state index contributed by atoms with van der Waals surface area (Å²) in [7, 11) is 0. The average molecular weight is 269 g/mol. The van der Waals surface area contributed by atoms with E-state index in [1.165, 1.54) is 6.07 Å². The first-order valence-corrected chi connectivity index (χ1v) is 7.42. The van der Waals surface area contributed by atoms with Gasteiger partial charge in [0.05, 0.1) is 11.3 Å². The van der Waals surface area contributed by atoms with Crippen molar-refractivity contribution in [1.82, 2.24) is 4.90 Å². The van der Waals surface area contributed by atoms with Crippen molar-refractivity contribution >= 4 is 17.5 Å². The fourth-order valence-electron chi connectivity index (χ4n) is 1.66. The summed E-state index contributed by atoms with van der Waals surface area (Å²) in [6.45, 7) is 7.27. The van der Waals surface area contributed by atoms with E-state index >= 15 is 0 Å². The van der Waals surface area contributed by atoms with E-state index in [2.05, 4.69) is 18.7 Å². The molecule has 2 nitrogen and oxygen atoms in total. The van der Waals surface area contributed by atoms with Crippen LogP contribution in [0.15, 0.2) is 24.3 Å². The number of halogens is 1. The summed E-state index contributed by atoms with van der Waals surface area (Å²) in [6.07, 6.45) is 0. The minimum absolute atomic E-state index is 0.127. The van der Waals surface area contributed by atoms with Crippen molar-refractivity contribution < 1.29 is 9.18 Å². The number of carbonyl (C=O) groups is 1. The minimum atomic E-state index is -0.424. The molecule has 18 heavy (non-hydrogen) atoms. The summed E-state index contributed by atoms with van der Waals surface area (Å²) in [5.74, 6) is 0.703. The average Bonchev–Trinajstić information content (AvgIpc) is 2.39. The summed E-state index contributed by atoms with van der Waals surface area (Å²) >= 11 is 1.57. The van der Waals surface area contributed by atoms with E-state index in [1.807, 2.05) is 0 Å². The normalized spacial score (nSPS) is 10.9. The molecule has 0 spiro atoms. The van der Waals surface area contributed by atoms with Crippen LogP contribution in [0.1, 0.15) is 24.2 Å². The largest absolute Gasteiger partial charge is 0.303 e. The first-order chi connectivity index (χ1) is 8.69. The number of hydrogen-bond donors (Lipinski definition) is 0. The molecule has 1 rings (SSSR count). The van der Waals surface area contributed by atoms with Crippen LogP contribution in [0.3, 0.4) is 0 Å². The summed E-state index contributed by atoms with van der Waals surface area (Å²) in [4.78, 5) is 14.1. The zero-order valence-electron chi connectivity index (χ0n) is 11.0. The Morgan fingerprint density at radius 3 is 2.56 bits per heavy atom.